The first-order valence-electron chi connectivity index (χ1n) is 23.3. The summed E-state index contributed by atoms with van der Waals surface area (Å²) >= 11 is 1.50. The fraction of sp³-hybridized carbons (Fsp3) is 0.500. The SMILES string of the molecule is C[C-]1C2=C3Cc4ccccc4C3=C3C=CCCC3C2(C)C(C)(C)C(C)(C)C1(C)C.C[C](=[Zr+2])c1ccc2ccccc2c1.Cc1cc(C2(C)C3CC4CC(C3)CC2C4)c[cH-]1.[Cl-].[Cl-]. The summed E-state index contributed by atoms with van der Waals surface area (Å²) in [6.45, 7) is 27.3. The van der Waals surface area contributed by atoms with Gasteiger partial charge in [0.25, 0.3) is 0 Å². The summed E-state index contributed by atoms with van der Waals surface area (Å²) in [5, 5.41) is 2.66. The van der Waals surface area contributed by atoms with Crippen molar-refractivity contribution in [1.82, 2.24) is 0 Å². The first kappa shape index (κ1) is 46.7. The Morgan fingerprint density at radius 3 is 2.00 bits per heavy atom. The smallest absolute Gasteiger partial charge is 0.0407 e. The van der Waals surface area contributed by atoms with E-state index in [-0.39, 0.29) is 46.5 Å². The Morgan fingerprint density at radius 2 is 1.38 bits per heavy atom. The molecule has 4 aromatic carbocycles. The molecule has 12 rings (SSSR count). The molecular weight excluding hydrogens is 859 g/mol. The maximum atomic E-state index is 2.62. The van der Waals surface area contributed by atoms with Gasteiger partial charge in [0.15, 0.2) is 0 Å². The molecule has 5 saturated carbocycles. The summed E-state index contributed by atoms with van der Waals surface area (Å²) < 4.78 is 1.46. The molecule has 0 heterocycles. The number of aryl methyl sites for hydroxylation is 1. The van der Waals surface area contributed by atoms with Gasteiger partial charge in [0.2, 0.25) is 0 Å². The van der Waals surface area contributed by atoms with Crippen LogP contribution in [0.15, 0.2) is 114 Å². The monoisotopic (exact) mass is 926 g/mol. The number of fused-ring (bicyclic) bond motifs is 7. The van der Waals surface area contributed by atoms with Crippen LogP contribution in [-0.2, 0) is 36.1 Å². The molecule has 0 aromatic heterocycles. The van der Waals surface area contributed by atoms with Gasteiger partial charge in [0.1, 0.15) is 0 Å². The second kappa shape index (κ2) is 16.6. The first-order chi connectivity index (χ1) is 27.9. The van der Waals surface area contributed by atoms with Gasteiger partial charge in [-0.15, -0.1) is 6.92 Å². The van der Waals surface area contributed by atoms with E-state index in [0.717, 1.165) is 30.1 Å². The van der Waals surface area contributed by atoms with E-state index in [0.29, 0.717) is 11.3 Å². The molecule has 4 aromatic rings. The fourth-order valence-electron chi connectivity index (χ4n) is 14.5. The molecular formula is C58H70Cl2Zr-2. The van der Waals surface area contributed by atoms with Crippen molar-refractivity contribution < 1.29 is 49.0 Å². The molecule has 3 heteroatoms. The molecule has 0 aliphatic heterocycles. The van der Waals surface area contributed by atoms with Gasteiger partial charge in [-0.2, -0.15) is 34.4 Å². The number of halogens is 2. The third-order valence-corrected chi connectivity index (χ3v) is 20.1. The van der Waals surface area contributed by atoms with E-state index in [9.17, 15) is 0 Å². The van der Waals surface area contributed by atoms with Gasteiger partial charge in [0.05, 0.1) is 0 Å². The molecule has 8 aliphatic carbocycles. The van der Waals surface area contributed by atoms with E-state index >= 15 is 0 Å². The molecule has 2 unspecified atom stereocenters. The van der Waals surface area contributed by atoms with Crippen LogP contribution in [0.3, 0.4) is 0 Å². The molecule has 0 saturated heterocycles. The van der Waals surface area contributed by atoms with Crippen LogP contribution in [0.5, 0.6) is 0 Å². The third-order valence-electron chi connectivity index (χ3n) is 19.3. The number of rotatable bonds is 2. The van der Waals surface area contributed by atoms with Crippen LogP contribution < -0.4 is 24.8 Å². The number of hydrogen-bond acceptors (Lipinski definition) is 0. The van der Waals surface area contributed by atoms with Crippen LogP contribution in [0.2, 0.25) is 0 Å². The van der Waals surface area contributed by atoms with Crippen molar-refractivity contribution in [3.63, 3.8) is 0 Å². The summed E-state index contributed by atoms with van der Waals surface area (Å²) in [7, 11) is 0. The van der Waals surface area contributed by atoms with Gasteiger partial charge < -0.3 is 24.8 Å². The largest absolute Gasteiger partial charge is 1.00 e. The van der Waals surface area contributed by atoms with Gasteiger partial charge in [-0.3, -0.25) is 0 Å². The Kier molecular flexibility index (Phi) is 12.7. The second-order valence-electron chi connectivity index (χ2n) is 22.2. The number of hydrogen-bond donors (Lipinski definition) is 0. The summed E-state index contributed by atoms with van der Waals surface area (Å²) in [6.07, 6.45) is 16.1. The average Bonchev–Trinajstić information content (AvgIpc) is 3.83. The van der Waals surface area contributed by atoms with Crippen LogP contribution in [-0.4, -0.2) is 3.21 Å². The van der Waals surface area contributed by atoms with Crippen molar-refractivity contribution in [2.45, 2.75) is 133 Å². The van der Waals surface area contributed by atoms with Crippen molar-refractivity contribution in [2.24, 2.45) is 51.2 Å². The molecule has 0 nitrogen and oxygen atoms in total. The van der Waals surface area contributed by atoms with Crippen LogP contribution in [0.1, 0.15) is 142 Å². The minimum Gasteiger partial charge on any atom is -1.00 e. The Labute approximate surface area is 397 Å². The zero-order valence-corrected chi connectivity index (χ0v) is 43.0. The predicted molar refractivity (Wildman–Crippen MR) is 249 cm³/mol. The van der Waals surface area contributed by atoms with Crippen molar-refractivity contribution in [3.05, 3.63) is 148 Å². The quantitative estimate of drug-likeness (QED) is 0.176. The topological polar surface area (TPSA) is 0 Å². The Morgan fingerprint density at radius 1 is 0.754 bits per heavy atom. The van der Waals surface area contributed by atoms with Gasteiger partial charge >= 0.3 is 93.2 Å². The van der Waals surface area contributed by atoms with Crippen LogP contribution in [0, 0.1) is 64.1 Å². The van der Waals surface area contributed by atoms with Gasteiger partial charge in [-0.05, 0) is 96.3 Å². The fourth-order valence-corrected chi connectivity index (χ4v) is 14.9. The van der Waals surface area contributed by atoms with E-state index in [1.165, 1.54) is 99.0 Å². The Balaban J connectivity index is 0.000000149. The minimum absolute atomic E-state index is 0. The molecule has 2 atom stereocenters. The molecule has 0 radical (unpaired) electrons. The van der Waals surface area contributed by atoms with Crippen molar-refractivity contribution in [2.75, 3.05) is 0 Å². The summed E-state index contributed by atoms with van der Waals surface area (Å²) in [4.78, 5) is 0. The average molecular weight is 929 g/mol. The number of allylic oxidation sites excluding steroid dienone is 6. The Bertz CT molecular complexity index is 2380. The normalized spacial score (nSPS) is 31.3. The van der Waals surface area contributed by atoms with Crippen LogP contribution in [0.25, 0.3) is 16.3 Å². The molecule has 8 aliphatic rings. The maximum absolute atomic E-state index is 2.62. The van der Waals surface area contributed by atoms with Crippen LogP contribution >= 0.6 is 0 Å². The molecule has 4 bridgehead atoms. The molecule has 61 heavy (non-hydrogen) atoms. The third kappa shape index (κ3) is 7.02. The first-order valence-corrected chi connectivity index (χ1v) is 24.5. The van der Waals surface area contributed by atoms with Gasteiger partial charge in [0, 0.05) is 0 Å². The van der Waals surface area contributed by atoms with Crippen LogP contribution in [0.4, 0.5) is 0 Å². The summed E-state index contributed by atoms with van der Waals surface area (Å²) in [5.74, 6) is 6.38. The van der Waals surface area contributed by atoms with E-state index < -0.39 is 0 Å². The second-order valence-corrected chi connectivity index (χ2v) is 24.0. The van der Waals surface area contributed by atoms with E-state index in [1.807, 2.05) is 0 Å². The maximum Gasteiger partial charge on any atom is -0.0407 e. The Hall–Kier alpha value is -2.31. The van der Waals surface area contributed by atoms with E-state index in [1.54, 1.807) is 40.2 Å². The molecule has 322 valence electrons. The zero-order valence-electron chi connectivity index (χ0n) is 39.0. The van der Waals surface area contributed by atoms with Gasteiger partial charge in [-0.25, -0.2) is 12.0 Å². The van der Waals surface area contributed by atoms with E-state index in [4.69, 9.17) is 0 Å². The predicted octanol–water partition coefficient (Wildman–Crippen LogP) is 9.33. The molecule has 0 N–H and O–H groups in total. The molecule has 0 amide bonds. The zero-order chi connectivity index (χ0) is 41.9. The molecule has 0 spiro atoms. The minimum atomic E-state index is 0. The summed E-state index contributed by atoms with van der Waals surface area (Å²) in [5.41, 5.74) is 15.3. The van der Waals surface area contributed by atoms with Gasteiger partial charge in [-0.1, -0.05) is 133 Å². The standard InChI is InChI=1S/C29H37.C17H23.C12H10.2ClH.Zr/c1-18-25-22-17-19-13-9-10-14-20(19)24(22)21-15-11-12-16-23(21)29(25,8)28(6,7)27(4,5)26(18,2)3;1-11-3-4-14(5-11)17(2)15-7-12-6-13(9-15)10-16(17)8-12;1-2-10-7-8-11-5-3-4-6-12(11)9-10;;;/h9-11,13-15,23H,12,16-17H2,1-8H3;3-5,12-13,15-16H,6-10H2,1-2H3;3-9H,1H3;2*1H;/q2*-1;;;;+2/p-2. The summed E-state index contributed by atoms with van der Waals surface area (Å²) in [6, 6.07) is 31.5. The van der Waals surface area contributed by atoms with Crippen molar-refractivity contribution in [1.29, 1.82) is 0 Å². The molecule has 5 fully saturated rings. The van der Waals surface area contributed by atoms with Crippen molar-refractivity contribution in [3.8, 4) is 0 Å². The van der Waals surface area contributed by atoms with E-state index in [2.05, 4.69) is 173 Å². The van der Waals surface area contributed by atoms with Crippen molar-refractivity contribution >= 4 is 19.6 Å². The number of benzene rings is 3.